The van der Waals surface area contributed by atoms with Crippen LogP contribution in [0, 0.1) is 0 Å². The standard InChI is InChI=1S/C29H22N2OS2/c1-33-24-16-14-22(15-17-24)29-27(20-28(30-31-29)32-23-8-4-2-5-9-23)21-12-18-26(19-13-21)34-25-10-6-3-7-11-25/h2-20H,1H3. The summed E-state index contributed by atoms with van der Waals surface area (Å²) in [5.74, 6) is 1.20. The number of thioether (sulfide) groups is 1. The summed E-state index contributed by atoms with van der Waals surface area (Å²) >= 11 is 3.47. The number of nitrogens with zero attached hydrogens (tertiary/aromatic N) is 2. The highest BCUT2D eigenvalue weighted by atomic mass is 32.2. The molecule has 1 heterocycles. The van der Waals surface area contributed by atoms with Gasteiger partial charge in [-0.25, -0.2) is 0 Å². The molecule has 0 unspecified atom stereocenters. The van der Waals surface area contributed by atoms with E-state index in [-0.39, 0.29) is 0 Å². The van der Waals surface area contributed by atoms with Gasteiger partial charge in [0.2, 0.25) is 5.88 Å². The molecule has 0 N–H and O–H groups in total. The van der Waals surface area contributed by atoms with E-state index in [1.165, 1.54) is 14.7 Å². The van der Waals surface area contributed by atoms with E-state index in [0.29, 0.717) is 5.88 Å². The van der Waals surface area contributed by atoms with E-state index in [9.17, 15) is 0 Å². The molecule has 0 aliphatic heterocycles. The summed E-state index contributed by atoms with van der Waals surface area (Å²) in [5.41, 5.74) is 3.90. The van der Waals surface area contributed by atoms with Gasteiger partial charge in [0, 0.05) is 31.9 Å². The van der Waals surface area contributed by atoms with Crippen molar-refractivity contribution in [2.45, 2.75) is 14.7 Å². The molecule has 0 radical (unpaired) electrons. The molecule has 0 fully saturated rings. The van der Waals surface area contributed by atoms with Crippen LogP contribution in [0.5, 0.6) is 11.6 Å². The Morgan fingerprint density at radius 2 is 1.18 bits per heavy atom. The second-order valence-corrected chi connectivity index (χ2v) is 9.55. The van der Waals surface area contributed by atoms with Crippen LogP contribution >= 0.6 is 23.5 Å². The van der Waals surface area contributed by atoms with Gasteiger partial charge in [-0.05, 0) is 60.4 Å². The fraction of sp³-hybridized carbons (Fsp3) is 0.0345. The van der Waals surface area contributed by atoms with Crippen LogP contribution in [0.25, 0.3) is 22.4 Å². The van der Waals surface area contributed by atoms with Gasteiger partial charge >= 0.3 is 0 Å². The van der Waals surface area contributed by atoms with E-state index >= 15 is 0 Å². The first-order chi connectivity index (χ1) is 16.8. The van der Waals surface area contributed by atoms with Gasteiger partial charge in [-0.1, -0.05) is 72.4 Å². The van der Waals surface area contributed by atoms with Crippen LogP contribution in [0.3, 0.4) is 0 Å². The minimum atomic E-state index is 0.466. The van der Waals surface area contributed by atoms with Gasteiger partial charge in [0.05, 0.1) is 0 Å². The molecule has 166 valence electrons. The quantitative estimate of drug-likeness (QED) is 0.219. The molecule has 5 rings (SSSR count). The lowest BCUT2D eigenvalue weighted by Crippen LogP contribution is -1.96. The third-order valence-corrected chi connectivity index (χ3v) is 7.00. The second kappa shape index (κ2) is 10.6. The van der Waals surface area contributed by atoms with Crippen molar-refractivity contribution in [1.82, 2.24) is 10.2 Å². The molecule has 34 heavy (non-hydrogen) atoms. The van der Waals surface area contributed by atoms with Gasteiger partial charge in [-0.2, -0.15) is 0 Å². The summed E-state index contributed by atoms with van der Waals surface area (Å²) in [6.45, 7) is 0. The van der Waals surface area contributed by atoms with E-state index in [1.54, 1.807) is 23.5 Å². The Morgan fingerprint density at radius 3 is 1.85 bits per heavy atom. The molecule has 0 amide bonds. The number of benzene rings is 4. The predicted molar refractivity (Wildman–Crippen MR) is 142 cm³/mol. The first kappa shape index (κ1) is 22.3. The largest absolute Gasteiger partial charge is 0.438 e. The van der Waals surface area contributed by atoms with Crippen LogP contribution in [-0.2, 0) is 0 Å². The highest BCUT2D eigenvalue weighted by molar-refractivity contribution is 7.99. The Bertz CT molecular complexity index is 1360. The van der Waals surface area contributed by atoms with Crippen molar-refractivity contribution >= 4 is 23.5 Å². The molecule has 0 bridgehead atoms. The summed E-state index contributed by atoms with van der Waals surface area (Å²) < 4.78 is 5.99. The highest BCUT2D eigenvalue weighted by Crippen LogP contribution is 2.36. The van der Waals surface area contributed by atoms with Gasteiger partial charge in [-0.3, -0.25) is 0 Å². The van der Waals surface area contributed by atoms with E-state index in [2.05, 4.69) is 89.2 Å². The summed E-state index contributed by atoms with van der Waals surface area (Å²) in [6.07, 6.45) is 2.07. The van der Waals surface area contributed by atoms with Crippen LogP contribution in [0.15, 0.2) is 130 Å². The normalized spacial score (nSPS) is 10.7. The number of aromatic nitrogens is 2. The summed E-state index contributed by atoms with van der Waals surface area (Å²) in [5, 5.41) is 8.95. The van der Waals surface area contributed by atoms with Crippen LogP contribution in [-0.4, -0.2) is 16.5 Å². The lowest BCUT2D eigenvalue weighted by molar-refractivity contribution is 0.456. The van der Waals surface area contributed by atoms with Gasteiger partial charge in [-0.15, -0.1) is 22.0 Å². The van der Waals surface area contributed by atoms with Crippen LogP contribution < -0.4 is 4.74 Å². The van der Waals surface area contributed by atoms with Gasteiger partial charge < -0.3 is 4.74 Å². The Hall–Kier alpha value is -3.54. The van der Waals surface area contributed by atoms with Gasteiger partial charge in [0.1, 0.15) is 11.4 Å². The third kappa shape index (κ3) is 5.33. The van der Waals surface area contributed by atoms with Crippen molar-refractivity contribution in [3.05, 3.63) is 115 Å². The summed E-state index contributed by atoms with van der Waals surface area (Å²) in [4.78, 5) is 3.61. The van der Waals surface area contributed by atoms with E-state index in [1.807, 2.05) is 42.5 Å². The lowest BCUT2D eigenvalue weighted by Gasteiger charge is -2.12. The smallest absolute Gasteiger partial charge is 0.239 e. The van der Waals surface area contributed by atoms with Crippen molar-refractivity contribution in [3.8, 4) is 34.0 Å². The van der Waals surface area contributed by atoms with E-state index in [0.717, 1.165) is 28.1 Å². The Balaban J connectivity index is 1.51. The average Bonchev–Trinajstić information content (AvgIpc) is 2.90. The van der Waals surface area contributed by atoms with Crippen LogP contribution in [0.4, 0.5) is 0 Å². The molecule has 5 aromatic rings. The molecule has 4 aromatic carbocycles. The van der Waals surface area contributed by atoms with Crippen molar-refractivity contribution in [2.75, 3.05) is 6.26 Å². The molecule has 0 saturated carbocycles. The second-order valence-electron chi connectivity index (χ2n) is 7.53. The number of hydrogen-bond acceptors (Lipinski definition) is 5. The Morgan fingerprint density at radius 1 is 0.588 bits per heavy atom. The zero-order chi connectivity index (χ0) is 23.2. The number of rotatable bonds is 7. The van der Waals surface area contributed by atoms with Crippen LogP contribution in [0.2, 0.25) is 0 Å². The maximum Gasteiger partial charge on any atom is 0.239 e. The molecule has 0 aliphatic carbocycles. The lowest BCUT2D eigenvalue weighted by atomic mass is 10.00. The van der Waals surface area contributed by atoms with E-state index in [4.69, 9.17) is 4.74 Å². The number of hydrogen-bond donors (Lipinski definition) is 0. The molecule has 0 atom stereocenters. The van der Waals surface area contributed by atoms with E-state index < -0.39 is 0 Å². The molecule has 3 nitrogen and oxygen atoms in total. The van der Waals surface area contributed by atoms with Crippen molar-refractivity contribution in [3.63, 3.8) is 0 Å². The molecule has 0 aliphatic rings. The van der Waals surface area contributed by atoms with Gasteiger partial charge in [0.25, 0.3) is 0 Å². The maximum absolute atomic E-state index is 5.99. The monoisotopic (exact) mass is 478 g/mol. The summed E-state index contributed by atoms with van der Waals surface area (Å²) in [6, 6.07) is 39.0. The molecular weight excluding hydrogens is 456 g/mol. The molecular formula is C29H22N2OS2. The number of para-hydroxylation sites is 1. The first-order valence-electron chi connectivity index (χ1n) is 10.9. The molecule has 0 spiro atoms. The Kier molecular flexibility index (Phi) is 6.94. The molecule has 0 saturated heterocycles. The molecule has 1 aromatic heterocycles. The highest BCUT2D eigenvalue weighted by Gasteiger charge is 2.13. The zero-order valence-corrected chi connectivity index (χ0v) is 20.2. The SMILES string of the molecule is CSc1ccc(-c2nnc(Oc3ccccc3)cc2-c2ccc(Sc3ccccc3)cc2)cc1. The fourth-order valence-corrected chi connectivity index (χ4v) is 4.79. The minimum Gasteiger partial charge on any atom is -0.438 e. The first-order valence-corrected chi connectivity index (χ1v) is 12.9. The van der Waals surface area contributed by atoms with Crippen LogP contribution in [0.1, 0.15) is 0 Å². The maximum atomic E-state index is 5.99. The van der Waals surface area contributed by atoms with Crippen molar-refractivity contribution in [2.24, 2.45) is 0 Å². The Labute approximate surface area is 208 Å². The predicted octanol–water partition coefficient (Wildman–Crippen LogP) is 8.48. The summed E-state index contributed by atoms with van der Waals surface area (Å²) in [7, 11) is 0. The van der Waals surface area contributed by atoms with Gasteiger partial charge in [0.15, 0.2) is 0 Å². The zero-order valence-electron chi connectivity index (χ0n) is 18.6. The third-order valence-electron chi connectivity index (χ3n) is 5.24. The average molecular weight is 479 g/mol. The van der Waals surface area contributed by atoms with Crippen molar-refractivity contribution < 1.29 is 4.74 Å². The molecule has 5 heteroatoms. The fourth-order valence-electron chi connectivity index (χ4n) is 3.54. The number of ether oxygens (including phenoxy) is 1. The topological polar surface area (TPSA) is 35.0 Å². The minimum absolute atomic E-state index is 0.466. The van der Waals surface area contributed by atoms with Crippen molar-refractivity contribution in [1.29, 1.82) is 0 Å².